The zero-order valence-electron chi connectivity index (χ0n) is 11.2. The van der Waals surface area contributed by atoms with E-state index in [9.17, 15) is 4.39 Å². The van der Waals surface area contributed by atoms with Crippen LogP contribution < -0.4 is 10.5 Å². The van der Waals surface area contributed by atoms with Crippen molar-refractivity contribution in [3.05, 3.63) is 29.6 Å². The third-order valence-corrected chi connectivity index (χ3v) is 4.20. The van der Waals surface area contributed by atoms with Crippen molar-refractivity contribution in [2.45, 2.75) is 44.6 Å². The summed E-state index contributed by atoms with van der Waals surface area (Å²) in [4.78, 5) is 0. The molecule has 0 aliphatic heterocycles. The van der Waals surface area contributed by atoms with Crippen LogP contribution in [0.25, 0.3) is 0 Å². The van der Waals surface area contributed by atoms with E-state index >= 15 is 0 Å². The van der Waals surface area contributed by atoms with Gasteiger partial charge in [-0.25, -0.2) is 4.39 Å². The SMILES string of the molecule is CCC1CCC(N)C(c2cccc(OC)c2F)C1. The van der Waals surface area contributed by atoms with E-state index in [-0.39, 0.29) is 17.8 Å². The van der Waals surface area contributed by atoms with Gasteiger partial charge in [-0.3, -0.25) is 0 Å². The fraction of sp³-hybridized carbons (Fsp3) is 0.600. The van der Waals surface area contributed by atoms with Gasteiger partial charge in [-0.2, -0.15) is 0 Å². The highest BCUT2D eigenvalue weighted by molar-refractivity contribution is 5.34. The van der Waals surface area contributed by atoms with Crippen molar-refractivity contribution in [3.63, 3.8) is 0 Å². The standard InChI is InChI=1S/C15H22FNO/c1-3-10-7-8-13(17)12(9-10)11-5-4-6-14(18-2)15(11)16/h4-6,10,12-13H,3,7-9,17H2,1-2H3. The summed E-state index contributed by atoms with van der Waals surface area (Å²) in [6.45, 7) is 2.19. The monoisotopic (exact) mass is 251 g/mol. The Morgan fingerprint density at radius 2 is 2.17 bits per heavy atom. The molecule has 0 saturated heterocycles. The minimum atomic E-state index is -0.239. The van der Waals surface area contributed by atoms with Crippen molar-refractivity contribution < 1.29 is 9.13 Å². The van der Waals surface area contributed by atoms with Crippen molar-refractivity contribution in [1.29, 1.82) is 0 Å². The summed E-state index contributed by atoms with van der Waals surface area (Å²) in [7, 11) is 1.50. The van der Waals surface area contributed by atoms with Crippen molar-refractivity contribution in [1.82, 2.24) is 0 Å². The first-order valence-electron chi connectivity index (χ1n) is 6.75. The molecule has 0 spiro atoms. The van der Waals surface area contributed by atoms with Crippen LogP contribution in [0, 0.1) is 11.7 Å². The quantitative estimate of drug-likeness (QED) is 0.893. The molecule has 0 bridgehead atoms. The molecule has 1 aromatic rings. The lowest BCUT2D eigenvalue weighted by Gasteiger charge is -2.34. The Bertz CT molecular complexity index is 407. The van der Waals surface area contributed by atoms with Crippen molar-refractivity contribution in [3.8, 4) is 5.75 Å². The zero-order valence-corrected chi connectivity index (χ0v) is 11.2. The van der Waals surface area contributed by atoms with Gasteiger partial charge in [0, 0.05) is 12.0 Å². The maximum atomic E-state index is 14.3. The number of rotatable bonds is 3. The summed E-state index contributed by atoms with van der Waals surface area (Å²) in [5.74, 6) is 0.870. The fourth-order valence-electron chi connectivity index (χ4n) is 2.98. The first-order chi connectivity index (χ1) is 8.67. The Morgan fingerprint density at radius 3 is 2.83 bits per heavy atom. The molecule has 1 aliphatic rings. The van der Waals surface area contributed by atoms with E-state index in [2.05, 4.69) is 6.92 Å². The molecule has 1 fully saturated rings. The molecule has 1 aromatic carbocycles. The van der Waals surface area contributed by atoms with Gasteiger partial charge >= 0.3 is 0 Å². The number of halogens is 1. The van der Waals surface area contributed by atoms with Crippen LogP contribution in [0.2, 0.25) is 0 Å². The van der Waals surface area contributed by atoms with Gasteiger partial charge in [-0.1, -0.05) is 25.5 Å². The van der Waals surface area contributed by atoms with E-state index < -0.39 is 0 Å². The summed E-state index contributed by atoms with van der Waals surface area (Å²) in [5.41, 5.74) is 6.90. The molecule has 0 aromatic heterocycles. The van der Waals surface area contributed by atoms with Crippen LogP contribution in [0.4, 0.5) is 4.39 Å². The van der Waals surface area contributed by atoms with Gasteiger partial charge in [-0.05, 0) is 36.8 Å². The maximum Gasteiger partial charge on any atom is 0.168 e. The number of methoxy groups -OCH3 is 1. The summed E-state index contributed by atoms with van der Waals surface area (Å²) >= 11 is 0. The summed E-state index contributed by atoms with van der Waals surface area (Å²) < 4.78 is 19.3. The molecule has 2 N–H and O–H groups in total. The molecule has 0 heterocycles. The van der Waals surface area contributed by atoms with E-state index in [0.29, 0.717) is 11.7 Å². The Labute approximate surface area is 108 Å². The maximum absolute atomic E-state index is 14.3. The van der Waals surface area contributed by atoms with Crippen LogP contribution in [0.5, 0.6) is 5.75 Å². The summed E-state index contributed by atoms with van der Waals surface area (Å²) in [6.07, 6.45) is 4.29. The minimum Gasteiger partial charge on any atom is -0.494 e. The highest BCUT2D eigenvalue weighted by Crippen LogP contribution is 2.39. The Kier molecular flexibility index (Phi) is 4.23. The second-order valence-corrected chi connectivity index (χ2v) is 5.22. The molecular weight excluding hydrogens is 229 g/mol. The lowest BCUT2D eigenvalue weighted by atomic mass is 9.74. The number of ether oxygens (including phenoxy) is 1. The van der Waals surface area contributed by atoms with Crippen LogP contribution in [0.3, 0.4) is 0 Å². The zero-order chi connectivity index (χ0) is 13.1. The highest BCUT2D eigenvalue weighted by atomic mass is 19.1. The number of hydrogen-bond donors (Lipinski definition) is 1. The fourth-order valence-corrected chi connectivity index (χ4v) is 2.98. The number of benzene rings is 1. The Balaban J connectivity index is 2.28. The summed E-state index contributed by atoms with van der Waals surface area (Å²) in [5, 5.41) is 0. The first-order valence-corrected chi connectivity index (χ1v) is 6.75. The van der Waals surface area contributed by atoms with E-state index in [0.717, 1.165) is 24.8 Å². The predicted octanol–water partition coefficient (Wildman–Crippen LogP) is 3.46. The molecule has 3 atom stereocenters. The molecule has 100 valence electrons. The van der Waals surface area contributed by atoms with Gasteiger partial charge in [0.05, 0.1) is 7.11 Å². The van der Waals surface area contributed by atoms with Crippen LogP contribution in [0.1, 0.15) is 44.1 Å². The molecular formula is C15H22FNO. The van der Waals surface area contributed by atoms with Crippen LogP contribution in [0.15, 0.2) is 18.2 Å². The van der Waals surface area contributed by atoms with E-state index in [1.165, 1.54) is 13.5 Å². The highest BCUT2D eigenvalue weighted by Gasteiger charge is 2.30. The Hall–Kier alpha value is -1.09. The summed E-state index contributed by atoms with van der Waals surface area (Å²) in [6, 6.07) is 5.42. The topological polar surface area (TPSA) is 35.2 Å². The van der Waals surface area contributed by atoms with Crippen LogP contribution >= 0.6 is 0 Å². The smallest absolute Gasteiger partial charge is 0.168 e. The van der Waals surface area contributed by atoms with Gasteiger partial charge in [0.15, 0.2) is 11.6 Å². The van der Waals surface area contributed by atoms with Gasteiger partial charge in [-0.15, -0.1) is 0 Å². The number of hydrogen-bond acceptors (Lipinski definition) is 2. The normalized spacial score (nSPS) is 28.1. The molecule has 0 amide bonds. The Morgan fingerprint density at radius 1 is 1.39 bits per heavy atom. The van der Waals surface area contributed by atoms with Gasteiger partial charge < -0.3 is 10.5 Å². The second-order valence-electron chi connectivity index (χ2n) is 5.22. The minimum absolute atomic E-state index is 0.0643. The van der Waals surface area contributed by atoms with Crippen molar-refractivity contribution in [2.75, 3.05) is 7.11 Å². The molecule has 2 rings (SSSR count). The van der Waals surface area contributed by atoms with Gasteiger partial charge in [0.1, 0.15) is 0 Å². The van der Waals surface area contributed by atoms with Gasteiger partial charge in [0.25, 0.3) is 0 Å². The number of nitrogens with two attached hydrogens (primary N) is 1. The van der Waals surface area contributed by atoms with Crippen LogP contribution in [-0.4, -0.2) is 13.2 Å². The molecule has 2 nitrogen and oxygen atoms in total. The lowest BCUT2D eigenvalue weighted by molar-refractivity contribution is 0.276. The third-order valence-electron chi connectivity index (χ3n) is 4.20. The van der Waals surface area contributed by atoms with Crippen molar-refractivity contribution >= 4 is 0 Å². The molecule has 3 unspecified atom stereocenters. The molecule has 1 aliphatic carbocycles. The first kappa shape index (κ1) is 13.3. The van der Waals surface area contributed by atoms with E-state index in [1.807, 2.05) is 12.1 Å². The van der Waals surface area contributed by atoms with E-state index in [1.54, 1.807) is 6.07 Å². The lowest BCUT2D eigenvalue weighted by Crippen LogP contribution is -2.35. The third kappa shape index (κ3) is 2.51. The second kappa shape index (κ2) is 5.70. The molecule has 3 heteroatoms. The largest absolute Gasteiger partial charge is 0.494 e. The van der Waals surface area contributed by atoms with E-state index in [4.69, 9.17) is 10.5 Å². The van der Waals surface area contributed by atoms with Crippen molar-refractivity contribution in [2.24, 2.45) is 11.7 Å². The predicted molar refractivity (Wildman–Crippen MR) is 71.3 cm³/mol. The van der Waals surface area contributed by atoms with Crippen LogP contribution in [-0.2, 0) is 0 Å². The average molecular weight is 251 g/mol. The average Bonchev–Trinajstić information content (AvgIpc) is 2.40. The van der Waals surface area contributed by atoms with Gasteiger partial charge in [0.2, 0.25) is 0 Å². The molecule has 18 heavy (non-hydrogen) atoms. The molecule has 0 radical (unpaired) electrons. The molecule has 1 saturated carbocycles.